The van der Waals surface area contributed by atoms with Gasteiger partial charge in [-0.2, -0.15) is 0 Å². The molecule has 0 spiro atoms. The minimum absolute atomic E-state index is 0.170. The van der Waals surface area contributed by atoms with Gasteiger partial charge in [0, 0.05) is 6.42 Å². The van der Waals surface area contributed by atoms with Gasteiger partial charge in [0.25, 0.3) is 0 Å². The summed E-state index contributed by atoms with van der Waals surface area (Å²) in [5.74, 6) is -1.85. The van der Waals surface area contributed by atoms with E-state index in [4.69, 9.17) is 28.3 Å². The molecule has 0 unspecified atom stereocenters. The van der Waals surface area contributed by atoms with Gasteiger partial charge >= 0.3 is 12.0 Å². The summed E-state index contributed by atoms with van der Waals surface area (Å²) in [6.07, 6.45) is -0.341. The van der Waals surface area contributed by atoms with Crippen molar-refractivity contribution in [1.29, 1.82) is 0 Å². The van der Waals surface area contributed by atoms with E-state index >= 15 is 0 Å². The molecule has 0 saturated carbocycles. The summed E-state index contributed by atoms with van der Waals surface area (Å²) in [6.45, 7) is 2.77. The van der Waals surface area contributed by atoms with E-state index < -0.39 is 23.3 Å². The summed E-state index contributed by atoms with van der Waals surface area (Å²) in [5.41, 5.74) is -1.10. The first kappa shape index (κ1) is 17.3. The number of carbonyl (C=O) groups excluding carboxylic acids is 2. The highest BCUT2D eigenvalue weighted by molar-refractivity contribution is 6.39. The van der Waals surface area contributed by atoms with E-state index in [9.17, 15) is 14.4 Å². The van der Waals surface area contributed by atoms with Crippen LogP contribution >= 0.6 is 23.2 Å². The third kappa shape index (κ3) is 4.91. The average molecular weight is 333 g/mol. The van der Waals surface area contributed by atoms with Gasteiger partial charge in [0.2, 0.25) is 5.91 Å². The van der Waals surface area contributed by atoms with Crippen molar-refractivity contribution in [2.45, 2.75) is 20.3 Å². The second-order valence-electron chi connectivity index (χ2n) is 4.96. The average Bonchev–Trinajstić information content (AvgIpc) is 2.32. The Kier molecular flexibility index (Phi) is 5.57. The lowest BCUT2D eigenvalue weighted by atomic mass is 9.89. The van der Waals surface area contributed by atoms with Gasteiger partial charge in [-0.05, 0) is 26.0 Å². The number of para-hydroxylation sites is 1. The number of nitrogens with one attached hydrogen (secondary N) is 2. The number of anilines is 1. The Hall–Kier alpha value is -1.79. The van der Waals surface area contributed by atoms with Gasteiger partial charge in [0.15, 0.2) is 0 Å². The van der Waals surface area contributed by atoms with Crippen LogP contribution in [-0.2, 0) is 9.59 Å². The van der Waals surface area contributed by atoms with Crippen LogP contribution in [0.3, 0.4) is 0 Å². The lowest BCUT2D eigenvalue weighted by Crippen LogP contribution is -2.38. The number of halogens is 2. The Labute approximate surface area is 131 Å². The van der Waals surface area contributed by atoms with Crippen LogP contribution in [0.2, 0.25) is 10.0 Å². The number of carboxylic acid groups (broad SMARTS) is 1. The Morgan fingerprint density at radius 3 is 2.19 bits per heavy atom. The van der Waals surface area contributed by atoms with Crippen LogP contribution in [0.25, 0.3) is 0 Å². The minimum atomic E-state index is -1.27. The van der Waals surface area contributed by atoms with Crippen molar-refractivity contribution < 1.29 is 19.5 Å². The van der Waals surface area contributed by atoms with Gasteiger partial charge in [0.05, 0.1) is 21.1 Å². The van der Waals surface area contributed by atoms with Gasteiger partial charge in [-0.1, -0.05) is 29.3 Å². The standard InChI is InChI=1S/C13H14Cl2N2O4/c1-13(2,11(19)20)6-9(18)16-12(21)17-10-7(14)4-3-5-8(10)15/h3-5H,6H2,1-2H3,(H,19,20)(H2,16,17,18,21). The maximum atomic E-state index is 11.7. The number of hydrogen-bond acceptors (Lipinski definition) is 3. The molecule has 0 fully saturated rings. The summed E-state index contributed by atoms with van der Waals surface area (Å²) in [5, 5.41) is 13.7. The number of carboxylic acids is 1. The molecule has 0 atom stereocenters. The Morgan fingerprint density at radius 1 is 1.19 bits per heavy atom. The third-order valence-electron chi connectivity index (χ3n) is 2.64. The number of urea groups is 1. The van der Waals surface area contributed by atoms with Crippen molar-refractivity contribution in [2.75, 3.05) is 5.32 Å². The minimum Gasteiger partial charge on any atom is -0.481 e. The largest absolute Gasteiger partial charge is 0.481 e. The van der Waals surface area contributed by atoms with Gasteiger partial charge in [0.1, 0.15) is 0 Å². The first-order valence-electron chi connectivity index (χ1n) is 5.92. The fourth-order valence-electron chi connectivity index (χ4n) is 1.41. The van der Waals surface area contributed by atoms with E-state index in [1.54, 1.807) is 6.07 Å². The zero-order chi connectivity index (χ0) is 16.2. The number of carbonyl (C=O) groups is 3. The van der Waals surface area contributed by atoms with E-state index in [0.717, 1.165) is 0 Å². The van der Waals surface area contributed by atoms with Gasteiger partial charge < -0.3 is 10.4 Å². The number of hydrogen-bond donors (Lipinski definition) is 3. The summed E-state index contributed by atoms with van der Waals surface area (Å²) in [4.78, 5) is 34.2. The number of imide groups is 1. The first-order valence-corrected chi connectivity index (χ1v) is 6.67. The van der Waals surface area contributed by atoms with E-state index in [2.05, 4.69) is 5.32 Å². The molecular formula is C13H14Cl2N2O4. The zero-order valence-electron chi connectivity index (χ0n) is 11.4. The molecule has 0 saturated heterocycles. The zero-order valence-corrected chi connectivity index (χ0v) is 12.9. The molecular weight excluding hydrogens is 319 g/mol. The molecule has 0 radical (unpaired) electrons. The molecule has 1 aromatic carbocycles. The predicted octanol–water partition coefficient (Wildman–Crippen LogP) is 3.14. The molecule has 0 aromatic heterocycles. The van der Waals surface area contributed by atoms with E-state index in [0.29, 0.717) is 0 Å². The van der Waals surface area contributed by atoms with Gasteiger partial charge in [-0.15, -0.1) is 0 Å². The van der Waals surface area contributed by atoms with Crippen molar-refractivity contribution in [3.05, 3.63) is 28.2 Å². The summed E-state index contributed by atoms with van der Waals surface area (Å²) in [6, 6.07) is 3.82. The van der Waals surface area contributed by atoms with Crippen LogP contribution < -0.4 is 10.6 Å². The Balaban J connectivity index is 2.66. The molecule has 1 rings (SSSR count). The number of aliphatic carboxylic acids is 1. The van der Waals surface area contributed by atoms with Crippen molar-refractivity contribution in [1.82, 2.24) is 5.32 Å². The summed E-state index contributed by atoms with van der Waals surface area (Å²) in [7, 11) is 0. The van der Waals surface area contributed by atoms with E-state index in [1.807, 2.05) is 5.32 Å². The molecule has 6 nitrogen and oxygen atoms in total. The predicted molar refractivity (Wildman–Crippen MR) is 79.7 cm³/mol. The Morgan fingerprint density at radius 2 is 1.71 bits per heavy atom. The van der Waals surface area contributed by atoms with Crippen molar-refractivity contribution in [2.24, 2.45) is 5.41 Å². The van der Waals surface area contributed by atoms with Crippen LogP contribution in [0.4, 0.5) is 10.5 Å². The van der Waals surface area contributed by atoms with Gasteiger partial charge in [-0.3, -0.25) is 14.9 Å². The topological polar surface area (TPSA) is 95.5 Å². The molecule has 1 aromatic rings. The molecule has 3 amide bonds. The number of rotatable bonds is 4. The Bertz CT molecular complexity index is 567. The van der Waals surface area contributed by atoms with Crippen molar-refractivity contribution in [3.8, 4) is 0 Å². The van der Waals surface area contributed by atoms with Crippen LogP contribution in [0.1, 0.15) is 20.3 Å². The molecule has 114 valence electrons. The van der Waals surface area contributed by atoms with Crippen molar-refractivity contribution in [3.63, 3.8) is 0 Å². The molecule has 21 heavy (non-hydrogen) atoms. The fourth-order valence-corrected chi connectivity index (χ4v) is 1.90. The molecule has 0 aliphatic rings. The van der Waals surface area contributed by atoms with Crippen molar-refractivity contribution >= 4 is 46.8 Å². The summed E-state index contributed by atoms with van der Waals surface area (Å²) < 4.78 is 0. The number of amides is 3. The molecule has 0 bridgehead atoms. The maximum Gasteiger partial charge on any atom is 0.325 e. The molecule has 0 aliphatic carbocycles. The lowest BCUT2D eigenvalue weighted by molar-refractivity contribution is -0.149. The van der Waals surface area contributed by atoms with E-state index in [1.165, 1.54) is 26.0 Å². The normalized spacial score (nSPS) is 10.9. The van der Waals surface area contributed by atoms with Crippen LogP contribution in [0.5, 0.6) is 0 Å². The van der Waals surface area contributed by atoms with Crippen LogP contribution in [0, 0.1) is 5.41 Å². The highest BCUT2D eigenvalue weighted by Gasteiger charge is 2.30. The molecule has 0 aliphatic heterocycles. The first-order chi connectivity index (χ1) is 9.63. The quantitative estimate of drug-likeness (QED) is 0.789. The second-order valence-corrected chi connectivity index (χ2v) is 5.78. The highest BCUT2D eigenvalue weighted by atomic mass is 35.5. The fraction of sp³-hybridized carbons (Fsp3) is 0.308. The monoisotopic (exact) mass is 332 g/mol. The second kappa shape index (κ2) is 6.78. The number of benzene rings is 1. The summed E-state index contributed by atoms with van der Waals surface area (Å²) >= 11 is 11.7. The lowest BCUT2D eigenvalue weighted by Gasteiger charge is -2.18. The van der Waals surface area contributed by atoms with E-state index in [-0.39, 0.29) is 22.2 Å². The molecule has 0 heterocycles. The van der Waals surface area contributed by atoms with Gasteiger partial charge in [-0.25, -0.2) is 4.79 Å². The maximum absolute atomic E-state index is 11.7. The highest BCUT2D eigenvalue weighted by Crippen LogP contribution is 2.29. The molecule has 8 heteroatoms. The molecule has 3 N–H and O–H groups in total. The smallest absolute Gasteiger partial charge is 0.325 e. The van der Waals surface area contributed by atoms with Crippen LogP contribution in [0.15, 0.2) is 18.2 Å². The third-order valence-corrected chi connectivity index (χ3v) is 3.27. The SMILES string of the molecule is CC(C)(CC(=O)NC(=O)Nc1c(Cl)cccc1Cl)C(=O)O. The van der Waals surface area contributed by atoms with Crippen LogP contribution in [-0.4, -0.2) is 23.0 Å².